The van der Waals surface area contributed by atoms with E-state index < -0.39 is 47.4 Å². The van der Waals surface area contributed by atoms with Crippen LogP contribution in [0.25, 0.3) is 0 Å². The lowest BCUT2D eigenvalue weighted by molar-refractivity contribution is -0.144. The number of likely N-dealkylation sites (tertiary alicyclic amines) is 1. The lowest BCUT2D eigenvalue weighted by Gasteiger charge is -2.35. The molecule has 0 aromatic rings. The molecular weight excluding hydrogens is 500 g/mol. The Bertz CT molecular complexity index is 1010. The molecule has 4 amide bonds. The zero-order chi connectivity index (χ0) is 29.1. The number of nitrogens with one attached hydrogen (secondary N) is 3. The number of hydrogen-bond acceptors (Lipinski definition) is 6. The molecule has 10 heteroatoms. The third-order valence-electron chi connectivity index (χ3n) is 8.24. The van der Waals surface area contributed by atoms with Gasteiger partial charge in [0.25, 0.3) is 5.91 Å². The van der Waals surface area contributed by atoms with Crippen molar-refractivity contribution in [2.24, 2.45) is 23.2 Å². The Hall–Kier alpha value is -3.17. The Morgan fingerprint density at radius 1 is 1.05 bits per heavy atom. The van der Waals surface area contributed by atoms with E-state index in [-0.39, 0.29) is 42.0 Å². The van der Waals surface area contributed by atoms with Crippen molar-refractivity contribution < 1.29 is 28.7 Å². The molecule has 0 aromatic heterocycles. The van der Waals surface area contributed by atoms with Crippen molar-refractivity contribution >= 4 is 29.6 Å². The third kappa shape index (κ3) is 6.89. The topological polar surface area (TPSA) is 134 Å². The summed E-state index contributed by atoms with van der Waals surface area (Å²) in [6.45, 7) is 17.1. The van der Waals surface area contributed by atoms with E-state index in [4.69, 9.17) is 4.74 Å². The van der Waals surface area contributed by atoms with Gasteiger partial charge in [-0.15, -0.1) is 13.2 Å². The number of piperidine rings is 1. The molecule has 216 valence electrons. The average Bonchev–Trinajstić information content (AvgIpc) is 3.30. The average molecular weight is 545 g/mol. The molecule has 1 saturated heterocycles. The Balaban J connectivity index is 1.82. The van der Waals surface area contributed by atoms with Gasteiger partial charge in [-0.25, -0.2) is 4.79 Å². The van der Waals surface area contributed by atoms with Crippen LogP contribution in [0.3, 0.4) is 0 Å². The molecule has 10 nitrogen and oxygen atoms in total. The minimum absolute atomic E-state index is 0.0534. The molecule has 2 aliphatic carbocycles. The predicted octanol–water partition coefficient (Wildman–Crippen LogP) is 2.49. The highest BCUT2D eigenvalue weighted by Gasteiger charge is 2.69. The number of rotatable bonds is 11. The number of carbonyl (C=O) groups excluding carboxylic acids is 5. The van der Waals surface area contributed by atoms with Gasteiger partial charge in [-0.1, -0.05) is 38.8 Å². The summed E-state index contributed by atoms with van der Waals surface area (Å²) in [6.07, 6.45) is 5.84. The molecule has 0 bridgehead atoms. The van der Waals surface area contributed by atoms with Gasteiger partial charge in [0.15, 0.2) is 0 Å². The van der Waals surface area contributed by atoms with Gasteiger partial charge in [0, 0.05) is 13.1 Å². The summed E-state index contributed by atoms with van der Waals surface area (Å²) < 4.78 is 5.44. The van der Waals surface area contributed by atoms with E-state index in [0.29, 0.717) is 6.54 Å². The van der Waals surface area contributed by atoms with Crippen LogP contribution < -0.4 is 16.0 Å². The summed E-state index contributed by atoms with van der Waals surface area (Å²) in [5.74, 6) is -2.44. The number of carbonyl (C=O) groups is 5. The molecule has 0 spiro atoms. The normalized spacial score (nSPS) is 25.1. The molecule has 0 aromatic carbocycles. The molecular formula is C29H44N4O6. The molecule has 0 radical (unpaired) electrons. The number of ether oxygens (including phenoxy) is 1. The second kappa shape index (κ2) is 11.9. The predicted molar refractivity (Wildman–Crippen MR) is 146 cm³/mol. The van der Waals surface area contributed by atoms with Crippen molar-refractivity contribution in [3.05, 3.63) is 25.3 Å². The van der Waals surface area contributed by atoms with E-state index in [9.17, 15) is 24.0 Å². The standard InChI is InChI=1S/C29H44N4O6/c1-8-12-19(23(34)25(36)30-15-9-2)31-24(35)22-20-18(29(20,6)7)16-33(22)26(37)21(17-13-10-11-14-17)32-27(38)39-28(3,4)5/h8-9,17-22H,1-2,10-16H2,3-7H3,(H,30,36)(H,31,35)(H,32,38)/t18?,19?,20?,21-,22-/m0/s1. The van der Waals surface area contributed by atoms with Crippen LogP contribution >= 0.6 is 0 Å². The smallest absolute Gasteiger partial charge is 0.408 e. The van der Waals surface area contributed by atoms with Crippen LogP contribution in [-0.4, -0.2) is 71.3 Å². The Morgan fingerprint density at radius 2 is 1.69 bits per heavy atom. The number of hydrogen-bond donors (Lipinski definition) is 3. The highest BCUT2D eigenvalue weighted by Crippen LogP contribution is 2.65. The first-order valence-corrected chi connectivity index (χ1v) is 13.9. The van der Waals surface area contributed by atoms with Gasteiger partial charge in [0.05, 0.1) is 0 Å². The van der Waals surface area contributed by atoms with E-state index in [1.807, 2.05) is 0 Å². The van der Waals surface area contributed by atoms with Gasteiger partial charge >= 0.3 is 6.09 Å². The number of alkyl carbamates (subject to hydrolysis) is 1. The SMILES string of the molecule is C=CCNC(=O)C(=O)C(CC=C)NC(=O)[C@@H]1C2C(CN1C(=O)[C@@H](NC(=O)OC(C)(C)C)C1CCCC1)C2(C)C. The number of amides is 4. The van der Waals surface area contributed by atoms with Crippen LogP contribution in [0.5, 0.6) is 0 Å². The molecule has 3 aliphatic rings. The lowest BCUT2D eigenvalue weighted by atomic mass is 9.94. The first kappa shape index (κ1) is 30.4. The van der Waals surface area contributed by atoms with Gasteiger partial charge in [-0.3, -0.25) is 19.2 Å². The second-order valence-corrected chi connectivity index (χ2v) is 12.5. The Labute approximate surface area is 231 Å². The molecule has 3 fully saturated rings. The molecule has 1 aliphatic heterocycles. The van der Waals surface area contributed by atoms with Gasteiger partial charge in [-0.05, 0) is 63.2 Å². The minimum Gasteiger partial charge on any atom is -0.444 e. The van der Waals surface area contributed by atoms with Crippen LogP contribution in [0.4, 0.5) is 4.79 Å². The van der Waals surface area contributed by atoms with Crippen molar-refractivity contribution in [3.8, 4) is 0 Å². The largest absolute Gasteiger partial charge is 0.444 e. The molecule has 2 saturated carbocycles. The zero-order valence-electron chi connectivity index (χ0n) is 23.9. The Morgan fingerprint density at radius 3 is 2.26 bits per heavy atom. The van der Waals surface area contributed by atoms with E-state index >= 15 is 0 Å². The highest BCUT2D eigenvalue weighted by atomic mass is 16.6. The monoisotopic (exact) mass is 544 g/mol. The molecule has 3 N–H and O–H groups in total. The van der Waals surface area contributed by atoms with Crippen LogP contribution in [-0.2, 0) is 23.9 Å². The first-order valence-electron chi connectivity index (χ1n) is 13.9. The maximum Gasteiger partial charge on any atom is 0.408 e. The first-order chi connectivity index (χ1) is 18.2. The van der Waals surface area contributed by atoms with Gasteiger partial charge < -0.3 is 25.6 Å². The van der Waals surface area contributed by atoms with Crippen LogP contribution in [0.1, 0.15) is 66.7 Å². The fourth-order valence-corrected chi connectivity index (χ4v) is 6.16. The van der Waals surface area contributed by atoms with Crippen molar-refractivity contribution in [1.29, 1.82) is 0 Å². The van der Waals surface area contributed by atoms with Crippen LogP contribution in [0.15, 0.2) is 25.3 Å². The summed E-state index contributed by atoms with van der Waals surface area (Å²) in [6, 6.07) is -2.74. The maximum atomic E-state index is 14.0. The van der Waals surface area contributed by atoms with Crippen molar-refractivity contribution in [3.63, 3.8) is 0 Å². The van der Waals surface area contributed by atoms with Crippen LogP contribution in [0.2, 0.25) is 0 Å². The fraction of sp³-hybridized carbons (Fsp3) is 0.690. The third-order valence-corrected chi connectivity index (χ3v) is 8.24. The van der Waals surface area contributed by atoms with Gasteiger partial charge in [-0.2, -0.15) is 0 Å². The summed E-state index contributed by atoms with van der Waals surface area (Å²) in [5.41, 5.74) is -0.876. The lowest BCUT2D eigenvalue weighted by Crippen LogP contribution is -2.59. The van der Waals surface area contributed by atoms with E-state index in [2.05, 4.69) is 43.0 Å². The summed E-state index contributed by atoms with van der Waals surface area (Å²) in [7, 11) is 0. The van der Waals surface area contributed by atoms with Crippen molar-refractivity contribution in [1.82, 2.24) is 20.9 Å². The summed E-state index contributed by atoms with van der Waals surface area (Å²) in [4.78, 5) is 67.1. The summed E-state index contributed by atoms with van der Waals surface area (Å²) in [5, 5.41) is 7.97. The number of nitrogens with zero attached hydrogens (tertiary/aromatic N) is 1. The van der Waals surface area contributed by atoms with Crippen molar-refractivity contribution in [2.75, 3.05) is 13.1 Å². The number of ketones is 1. The molecule has 5 atom stereocenters. The van der Waals surface area contributed by atoms with E-state index in [1.54, 1.807) is 25.7 Å². The van der Waals surface area contributed by atoms with Gasteiger partial charge in [0.1, 0.15) is 23.7 Å². The quantitative estimate of drug-likeness (QED) is 0.270. The van der Waals surface area contributed by atoms with E-state index in [0.717, 1.165) is 25.7 Å². The molecule has 39 heavy (non-hydrogen) atoms. The molecule has 3 unspecified atom stereocenters. The molecule has 1 heterocycles. The van der Waals surface area contributed by atoms with E-state index in [1.165, 1.54) is 12.2 Å². The number of fused-ring (bicyclic) bond motifs is 1. The van der Waals surface area contributed by atoms with Gasteiger partial charge in [0.2, 0.25) is 17.6 Å². The van der Waals surface area contributed by atoms with Crippen molar-refractivity contribution in [2.45, 2.75) is 90.4 Å². The highest BCUT2D eigenvalue weighted by molar-refractivity contribution is 6.38. The second-order valence-electron chi connectivity index (χ2n) is 12.5. The summed E-state index contributed by atoms with van der Waals surface area (Å²) >= 11 is 0. The zero-order valence-corrected chi connectivity index (χ0v) is 23.9. The number of Topliss-reactive ketones (excluding diaryl/α,β-unsaturated/α-hetero) is 1. The fourth-order valence-electron chi connectivity index (χ4n) is 6.16. The Kier molecular flexibility index (Phi) is 9.28. The molecule has 3 rings (SSSR count). The minimum atomic E-state index is -1.11. The maximum absolute atomic E-state index is 14.0. The van der Waals surface area contributed by atoms with Crippen LogP contribution in [0, 0.1) is 23.2 Å².